The van der Waals surface area contributed by atoms with Crippen LogP contribution in [0.3, 0.4) is 0 Å². The number of thiophene rings is 1. The van der Waals surface area contributed by atoms with Gasteiger partial charge < -0.3 is 15.9 Å². The lowest BCUT2D eigenvalue weighted by atomic mass is 10.1. The number of hydrogen-bond acceptors (Lipinski definition) is 4. The van der Waals surface area contributed by atoms with Crippen LogP contribution in [-0.4, -0.2) is 22.9 Å². The van der Waals surface area contributed by atoms with E-state index < -0.39 is 12.1 Å². The summed E-state index contributed by atoms with van der Waals surface area (Å²) in [5.74, 6) is 0. The van der Waals surface area contributed by atoms with Gasteiger partial charge in [-0.2, -0.15) is 0 Å². The van der Waals surface area contributed by atoms with Gasteiger partial charge in [0.2, 0.25) is 0 Å². The van der Waals surface area contributed by atoms with Crippen LogP contribution in [0.1, 0.15) is 47.1 Å². The van der Waals surface area contributed by atoms with Crippen LogP contribution in [0.2, 0.25) is 0 Å². The zero-order valence-corrected chi connectivity index (χ0v) is 14.3. The lowest BCUT2D eigenvalue weighted by Gasteiger charge is -2.14. The number of unbranched alkanes of at least 4 members (excludes halogenated alkanes) is 3. The Balaban J connectivity index is 1.62. The molecule has 0 spiro atoms. The van der Waals surface area contributed by atoms with Crippen molar-refractivity contribution in [3.8, 4) is 0 Å². The fraction of sp³-hybridized carbons (Fsp3) is 0.474. The van der Waals surface area contributed by atoms with Crippen LogP contribution in [0.25, 0.3) is 0 Å². The molecule has 3 nitrogen and oxygen atoms in total. The van der Waals surface area contributed by atoms with Gasteiger partial charge in [-0.1, -0.05) is 43.2 Å². The highest BCUT2D eigenvalue weighted by atomic mass is 32.1. The number of hydrogen-bond donors (Lipinski definition) is 3. The van der Waals surface area contributed by atoms with E-state index in [0.29, 0.717) is 0 Å². The minimum atomic E-state index is -0.760. The lowest BCUT2D eigenvalue weighted by molar-refractivity contribution is 0.112. The molecule has 0 saturated heterocycles. The fourth-order valence-electron chi connectivity index (χ4n) is 2.63. The molecule has 1 aromatic heterocycles. The molecule has 0 radical (unpaired) electrons. The number of aryl methyl sites for hydroxylation is 2. The van der Waals surface area contributed by atoms with Gasteiger partial charge in [0, 0.05) is 9.75 Å². The summed E-state index contributed by atoms with van der Waals surface area (Å²) in [6.45, 7) is -0.199. The normalized spacial score (nSPS) is 13.9. The average Bonchev–Trinajstić information content (AvgIpc) is 3.06. The summed E-state index contributed by atoms with van der Waals surface area (Å²) in [4.78, 5) is 2.14. The molecule has 1 aromatic carbocycles. The molecule has 0 fully saturated rings. The quantitative estimate of drug-likeness (QED) is 0.583. The molecule has 2 rings (SSSR count). The standard InChI is InChI=1S/C19H27NO2S/c20-17(14-21)19(22)18-13-12-16(23-18)11-7-2-1-4-8-15-9-5-3-6-10-15/h3,5-6,9-10,12-13,17,19,21-22H,1-2,4,7-8,11,14,20H2. The van der Waals surface area contributed by atoms with Crippen molar-refractivity contribution in [3.63, 3.8) is 0 Å². The van der Waals surface area contributed by atoms with Gasteiger partial charge in [0.25, 0.3) is 0 Å². The maximum atomic E-state index is 9.98. The minimum Gasteiger partial charge on any atom is -0.395 e. The predicted octanol–water partition coefficient (Wildman–Crippen LogP) is 3.45. The molecular weight excluding hydrogens is 306 g/mol. The number of rotatable bonds is 10. The van der Waals surface area contributed by atoms with E-state index in [4.69, 9.17) is 10.8 Å². The van der Waals surface area contributed by atoms with Crippen LogP contribution in [0.5, 0.6) is 0 Å². The van der Waals surface area contributed by atoms with E-state index in [9.17, 15) is 5.11 Å². The number of aliphatic hydroxyl groups is 2. The van der Waals surface area contributed by atoms with Crippen molar-refractivity contribution >= 4 is 11.3 Å². The number of benzene rings is 1. The van der Waals surface area contributed by atoms with Crippen molar-refractivity contribution in [1.82, 2.24) is 0 Å². The summed E-state index contributed by atoms with van der Waals surface area (Å²) in [7, 11) is 0. The molecule has 1 heterocycles. The molecule has 2 unspecified atom stereocenters. The Labute approximate surface area is 142 Å². The molecule has 0 aliphatic heterocycles. The smallest absolute Gasteiger partial charge is 0.105 e. The summed E-state index contributed by atoms with van der Waals surface area (Å²) < 4.78 is 0. The van der Waals surface area contributed by atoms with E-state index in [0.717, 1.165) is 17.7 Å². The third kappa shape index (κ3) is 6.07. The molecular formula is C19H27NO2S. The first-order valence-electron chi connectivity index (χ1n) is 8.37. The SMILES string of the molecule is NC(CO)C(O)c1ccc(CCCCCCc2ccccc2)s1. The summed E-state index contributed by atoms with van der Waals surface area (Å²) >= 11 is 1.60. The Bertz CT molecular complexity index is 556. The van der Waals surface area contributed by atoms with Gasteiger partial charge >= 0.3 is 0 Å². The van der Waals surface area contributed by atoms with Crippen LogP contribution < -0.4 is 5.73 Å². The summed E-state index contributed by atoms with van der Waals surface area (Å²) in [5.41, 5.74) is 7.09. The van der Waals surface area contributed by atoms with Crippen LogP contribution in [0, 0.1) is 0 Å². The van der Waals surface area contributed by atoms with E-state index in [1.54, 1.807) is 11.3 Å². The first kappa shape index (κ1) is 18.1. The third-order valence-electron chi connectivity index (χ3n) is 4.07. The summed E-state index contributed by atoms with van der Waals surface area (Å²) in [6, 6.07) is 14.0. The molecule has 0 aliphatic carbocycles. The van der Waals surface area contributed by atoms with Crippen LogP contribution >= 0.6 is 11.3 Å². The first-order chi connectivity index (χ1) is 11.2. The second-order valence-electron chi connectivity index (χ2n) is 6.00. The van der Waals surface area contributed by atoms with Gasteiger partial charge in [0.05, 0.1) is 12.6 Å². The molecule has 2 atom stereocenters. The van der Waals surface area contributed by atoms with Crippen molar-refractivity contribution in [2.75, 3.05) is 6.61 Å². The predicted molar refractivity (Wildman–Crippen MR) is 96.7 cm³/mol. The molecule has 0 amide bonds. The zero-order chi connectivity index (χ0) is 16.5. The maximum Gasteiger partial charge on any atom is 0.105 e. The highest BCUT2D eigenvalue weighted by Crippen LogP contribution is 2.26. The molecule has 0 saturated carbocycles. The summed E-state index contributed by atoms with van der Waals surface area (Å²) in [5, 5.41) is 19.0. The molecule has 4 N–H and O–H groups in total. The molecule has 23 heavy (non-hydrogen) atoms. The second-order valence-corrected chi connectivity index (χ2v) is 7.20. The zero-order valence-electron chi connectivity index (χ0n) is 13.5. The van der Waals surface area contributed by atoms with Gasteiger partial charge in [-0.3, -0.25) is 0 Å². The highest BCUT2D eigenvalue weighted by molar-refractivity contribution is 7.12. The van der Waals surface area contributed by atoms with Crippen molar-refractivity contribution in [2.24, 2.45) is 5.73 Å². The first-order valence-corrected chi connectivity index (χ1v) is 9.19. The monoisotopic (exact) mass is 333 g/mol. The number of aliphatic hydroxyl groups excluding tert-OH is 2. The van der Waals surface area contributed by atoms with E-state index in [1.807, 2.05) is 6.07 Å². The second kappa shape index (κ2) is 9.83. The highest BCUT2D eigenvalue weighted by Gasteiger charge is 2.17. The van der Waals surface area contributed by atoms with Gasteiger partial charge in [-0.25, -0.2) is 0 Å². The van der Waals surface area contributed by atoms with Crippen molar-refractivity contribution < 1.29 is 10.2 Å². The maximum absolute atomic E-state index is 9.98. The molecule has 0 aliphatic rings. The molecule has 2 aromatic rings. The molecule has 4 heteroatoms. The van der Waals surface area contributed by atoms with E-state index in [2.05, 4.69) is 36.4 Å². The minimum absolute atomic E-state index is 0.199. The lowest BCUT2D eigenvalue weighted by Crippen LogP contribution is -2.31. The van der Waals surface area contributed by atoms with Gasteiger partial charge in [0.1, 0.15) is 6.10 Å². The Morgan fingerprint density at radius 3 is 2.30 bits per heavy atom. The van der Waals surface area contributed by atoms with E-state index in [-0.39, 0.29) is 6.61 Å². The average molecular weight is 333 g/mol. The molecule has 0 bridgehead atoms. The van der Waals surface area contributed by atoms with Crippen molar-refractivity contribution in [2.45, 2.75) is 50.7 Å². The largest absolute Gasteiger partial charge is 0.395 e. The Morgan fingerprint density at radius 2 is 1.61 bits per heavy atom. The van der Waals surface area contributed by atoms with Gasteiger partial charge in [0.15, 0.2) is 0 Å². The van der Waals surface area contributed by atoms with Crippen molar-refractivity contribution in [1.29, 1.82) is 0 Å². The van der Waals surface area contributed by atoms with E-state index >= 15 is 0 Å². The Kier molecular flexibility index (Phi) is 7.76. The van der Waals surface area contributed by atoms with Crippen LogP contribution in [0.4, 0.5) is 0 Å². The fourth-order valence-corrected chi connectivity index (χ4v) is 3.74. The van der Waals surface area contributed by atoms with E-state index in [1.165, 1.54) is 36.1 Å². The summed E-state index contributed by atoms with van der Waals surface area (Å²) in [6.07, 6.45) is 6.36. The van der Waals surface area contributed by atoms with Gasteiger partial charge in [-0.05, 0) is 43.4 Å². The third-order valence-corrected chi connectivity index (χ3v) is 5.29. The van der Waals surface area contributed by atoms with Crippen molar-refractivity contribution in [3.05, 3.63) is 57.8 Å². The molecule has 126 valence electrons. The number of nitrogens with two attached hydrogens (primary N) is 1. The Morgan fingerprint density at radius 1 is 0.913 bits per heavy atom. The van der Waals surface area contributed by atoms with Crippen LogP contribution in [0.15, 0.2) is 42.5 Å². The topological polar surface area (TPSA) is 66.5 Å². The van der Waals surface area contributed by atoms with Gasteiger partial charge in [-0.15, -0.1) is 11.3 Å². The Hall–Kier alpha value is -1.20. The van der Waals surface area contributed by atoms with Crippen LogP contribution in [-0.2, 0) is 12.8 Å².